The summed E-state index contributed by atoms with van der Waals surface area (Å²) in [6, 6.07) is 12.4. The fraction of sp³-hybridized carbons (Fsp3) is 0.0625. The summed E-state index contributed by atoms with van der Waals surface area (Å²) < 4.78 is 5.49. The average Bonchev–Trinajstić information content (AvgIpc) is 2.45. The molecule has 0 atom stereocenters. The Kier molecular flexibility index (Phi) is 3.51. The van der Waals surface area contributed by atoms with Gasteiger partial charge in [0.15, 0.2) is 5.43 Å². The van der Waals surface area contributed by atoms with Gasteiger partial charge in [0.1, 0.15) is 5.58 Å². The van der Waals surface area contributed by atoms with Gasteiger partial charge in [0.05, 0.1) is 11.6 Å². The Labute approximate surface area is 125 Å². The summed E-state index contributed by atoms with van der Waals surface area (Å²) in [7, 11) is 0. The van der Waals surface area contributed by atoms with Crippen LogP contribution in [0.2, 0.25) is 10.0 Å². The van der Waals surface area contributed by atoms with E-state index in [2.05, 4.69) is 0 Å². The van der Waals surface area contributed by atoms with E-state index < -0.39 is 0 Å². The lowest BCUT2D eigenvalue weighted by Gasteiger charge is -2.05. The maximum atomic E-state index is 12.4. The molecule has 0 bridgehead atoms. The van der Waals surface area contributed by atoms with Gasteiger partial charge in [-0.15, -0.1) is 0 Å². The number of halogens is 2. The predicted octanol–water partition coefficient (Wildman–Crippen LogP) is 4.69. The summed E-state index contributed by atoms with van der Waals surface area (Å²) in [6.07, 6.45) is 1.92. The fourth-order valence-corrected chi connectivity index (χ4v) is 2.59. The van der Waals surface area contributed by atoms with E-state index in [4.69, 9.17) is 27.6 Å². The van der Waals surface area contributed by atoms with Gasteiger partial charge >= 0.3 is 0 Å². The second-order valence-electron chi connectivity index (χ2n) is 4.50. The molecule has 20 heavy (non-hydrogen) atoms. The molecule has 0 aliphatic heterocycles. The van der Waals surface area contributed by atoms with Crippen molar-refractivity contribution in [1.29, 1.82) is 0 Å². The normalized spacial score (nSPS) is 10.9. The van der Waals surface area contributed by atoms with Crippen LogP contribution in [0.15, 0.2) is 57.9 Å². The Hall–Kier alpha value is -1.77. The number of para-hydroxylation sites is 1. The summed E-state index contributed by atoms with van der Waals surface area (Å²) in [4.78, 5) is 12.4. The predicted molar refractivity (Wildman–Crippen MR) is 81.8 cm³/mol. The summed E-state index contributed by atoms with van der Waals surface area (Å²) in [5.74, 6) is 0. The number of rotatable bonds is 2. The van der Waals surface area contributed by atoms with Crippen molar-refractivity contribution in [2.45, 2.75) is 6.42 Å². The Morgan fingerprint density at radius 3 is 2.60 bits per heavy atom. The molecule has 0 fully saturated rings. The van der Waals surface area contributed by atoms with E-state index in [-0.39, 0.29) is 5.43 Å². The summed E-state index contributed by atoms with van der Waals surface area (Å²) in [5.41, 5.74) is 1.98. The molecule has 0 saturated carbocycles. The van der Waals surface area contributed by atoms with E-state index in [1.165, 1.54) is 6.26 Å². The molecule has 0 saturated heterocycles. The number of hydrogen-bond acceptors (Lipinski definition) is 2. The van der Waals surface area contributed by atoms with Crippen LogP contribution >= 0.6 is 23.2 Å². The Morgan fingerprint density at radius 1 is 1.00 bits per heavy atom. The first kappa shape index (κ1) is 13.2. The molecule has 0 N–H and O–H groups in total. The Bertz CT molecular complexity index is 837. The molecule has 3 aromatic rings. The van der Waals surface area contributed by atoms with Gasteiger partial charge in [-0.3, -0.25) is 4.79 Å². The average molecular weight is 305 g/mol. The van der Waals surface area contributed by atoms with Crippen LogP contribution in [0.5, 0.6) is 0 Å². The van der Waals surface area contributed by atoms with Gasteiger partial charge in [-0.1, -0.05) is 41.4 Å². The van der Waals surface area contributed by atoms with Crippen molar-refractivity contribution in [3.8, 4) is 0 Å². The zero-order valence-corrected chi connectivity index (χ0v) is 11.9. The molecule has 0 radical (unpaired) electrons. The van der Waals surface area contributed by atoms with Crippen molar-refractivity contribution >= 4 is 34.2 Å². The first-order valence-electron chi connectivity index (χ1n) is 6.08. The molecule has 0 aliphatic carbocycles. The SMILES string of the molecule is O=c1c(Cc2ccc(Cl)cc2Cl)coc2ccccc12. The van der Waals surface area contributed by atoms with Gasteiger partial charge < -0.3 is 4.42 Å². The van der Waals surface area contributed by atoms with Crippen LogP contribution < -0.4 is 5.43 Å². The molecular weight excluding hydrogens is 295 g/mol. The van der Waals surface area contributed by atoms with E-state index in [9.17, 15) is 4.79 Å². The topological polar surface area (TPSA) is 30.2 Å². The molecule has 3 rings (SSSR count). The van der Waals surface area contributed by atoms with Crippen molar-refractivity contribution in [2.75, 3.05) is 0 Å². The molecule has 0 aliphatic rings. The molecular formula is C16H10Cl2O2. The molecule has 0 amide bonds. The minimum Gasteiger partial charge on any atom is -0.464 e. The van der Waals surface area contributed by atoms with Gasteiger partial charge in [-0.25, -0.2) is 0 Å². The van der Waals surface area contributed by atoms with E-state index in [0.29, 0.717) is 33.0 Å². The third-order valence-corrected chi connectivity index (χ3v) is 3.73. The monoisotopic (exact) mass is 304 g/mol. The van der Waals surface area contributed by atoms with Gasteiger partial charge in [-0.2, -0.15) is 0 Å². The van der Waals surface area contributed by atoms with Crippen molar-refractivity contribution < 1.29 is 4.42 Å². The molecule has 2 aromatic carbocycles. The zero-order valence-electron chi connectivity index (χ0n) is 10.4. The number of fused-ring (bicyclic) bond motifs is 1. The van der Waals surface area contributed by atoms with Gasteiger partial charge in [-0.05, 0) is 29.8 Å². The largest absolute Gasteiger partial charge is 0.464 e. The van der Waals surface area contributed by atoms with Gasteiger partial charge in [0.2, 0.25) is 0 Å². The van der Waals surface area contributed by atoms with E-state index >= 15 is 0 Å². The first-order chi connectivity index (χ1) is 9.65. The third-order valence-electron chi connectivity index (χ3n) is 3.15. The van der Waals surface area contributed by atoms with Crippen LogP contribution in [-0.4, -0.2) is 0 Å². The zero-order chi connectivity index (χ0) is 14.1. The quantitative estimate of drug-likeness (QED) is 0.687. The number of benzene rings is 2. The van der Waals surface area contributed by atoms with Crippen LogP contribution in [0.4, 0.5) is 0 Å². The second-order valence-corrected chi connectivity index (χ2v) is 5.34. The minimum atomic E-state index is -0.0298. The van der Waals surface area contributed by atoms with Crippen LogP contribution in [0.25, 0.3) is 11.0 Å². The standard InChI is InChI=1S/C16H10Cl2O2/c17-12-6-5-10(14(18)8-12)7-11-9-20-15-4-2-1-3-13(15)16(11)19/h1-6,8-9H,7H2. The molecule has 100 valence electrons. The summed E-state index contributed by atoms with van der Waals surface area (Å²) in [5, 5.41) is 1.70. The highest BCUT2D eigenvalue weighted by atomic mass is 35.5. The van der Waals surface area contributed by atoms with Crippen LogP contribution in [-0.2, 0) is 6.42 Å². The van der Waals surface area contributed by atoms with E-state index in [1.54, 1.807) is 24.3 Å². The molecule has 1 aromatic heterocycles. The molecule has 0 spiro atoms. The molecule has 4 heteroatoms. The van der Waals surface area contributed by atoms with Gasteiger partial charge in [0, 0.05) is 22.0 Å². The van der Waals surface area contributed by atoms with Crippen LogP contribution in [0.1, 0.15) is 11.1 Å². The van der Waals surface area contributed by atoms with Crippen molar-refractivity contribution in [3.05, 3.63) is 80.1 Å². The molecule has 1 heterocycles. The minimum absolute atomic E-state index is 0.0298. The van der Waals surface area contributed by atoms with Gasteiger partial charge in [0.25, 0.3) is 0 Å². The van der Waals surface area contributed by atoms with E-state index in [0.717, 1.165) is 5.56 Å². The molecule has 2 nitrogen and oxygen atoms in total. The lowest BCUT2D eigenvalue weighted by molar-refractivity contribution is 0.594. The fourth-order valence-electron chi connectivity index (χ4n) is 2.11. The smallest absolute Gasteiger partial charge is 0.196 e. The third kappa shape index (κ3) is 2.45. The highest BCUT2D eigenvalue weighted by molar-refractivity contribution is 6.35. The van der Waals surface area contributed by atoms with Crippen molar-refractivity contribution in [2.24, 2.45) is 0 Å². The maximum absolute atomic E-state index is 12.4. The van der Waals surface area contributed by atoms with E-state index in [1.807, 2.05) is 18.2 Å². The lowest BCUT2D eigenvalue weighted by Crippen LogP contribution is -2.09. The number of hydrogen-bond donors (Lipinski definition) is 0. The van der Waals surface area contributed by atoms with Crippen LogP contribution in [0, 0.1) is 0 Å². The van der Waals surface area contributed by atoms with Crippen molar-refractivity contribution in [3.63, 3.8) is 0 Å². The second kappa shape index (κ2) is 5.31. The summed E-state index contributed by atoms with van der Waals surface area (Å²) >= 11 is 12.0. The Morgan fingerprint density at radius 2 is 1.80 bits per heavy atom. The highest BCUT2D eigenvalue weighted by Crippen LogP contribution is 2.23. The lowest BCUT2D eigenvalue weighted by atomic mass is 10.0. The first-order valence-corrected chi connectivity index (χ1v) is 6.84. The highest BCUT2D eigenvalue weighted by Gasteiger charge is 2.09. The Balaban J connectivity index is 2.07. The summed E-state index contributed by atoms with van der Waals surface area (Å²) in [6.45, 7) is 0. The maximum Gasteiger partial charge on any atom is 0.196 e. The molecule has 0 unspecified atom stereocenters. The van der Waals surface area contributed by atoms with Crippen LogP contribution in [0.3, 0.4) is 0 Å². The van der Waals surface area contributed by atoms with Crippen molar-refractivity contribution in [1.82, 2.24) is 0 Å².